The minimum Gasteiger partial charge on any atom is -0.399 e. The third-order valence-electron chi connectivity index (χ3n) is 2.93. The molecule has 5 heteroatoms. The molecule has 2 aromatic carbocycles. The SMILES string of the molecule is CCc1cc(I)ccc1NC(=O)c1ccc(N)cc1Cl. The Kier molecular flexibility index (Phi) is 4.88. The number of nitrogen functional groups attached to an aromatic ring is 1. The van der Waals surface area contributed by atoms with Gasteiger partial charge in [-0.1, -0.05) is 18.5 Å². The summed E-state index contributed by atoms with van der Waals surface area (Å²) < 4.78 is 1.14. The molecule has 1 amide bonds. The maximum absolute atomic E-state index is 12.3. The van der Waals surface area contributed by atoms with E-state index in [1.807, 2.05) is 12.1 Å². The van der Waals surface area contributed by atoms with Crippen molar-refractivity contribution in [3.63, 3.8) is 0 Å². The van der Waals surface area contributed by atoms with Crippen LogP contribution in [0.25, 0.3) is 0 Å². The Labute approximate surface area is 136 Å². The van der Waals surface area contributed by atoms with Crippen LogP contribution in [0.5, 0.6) is 0 Å². The highest BCUT2D eigenvalue weighted by Gasteiger charge is 2.12. The fourth-order valence-corrected chi connectivity index (χ4v) is 2.71. The van der Waals surface area contributed by atoms with Gasteiger partial charge in [0, 0.05) is 14.9 Å². The van der Waals surface area contributed by atoms with Crippen molar-refractivity contribution in [2.24, 2.45) is 0 Å². The third-order valence-corrected chi connectivity index (χ3v) is 3.92. The molecule has 0 fully saturated rings. The smallest absolute Gasteiger partial charge is 0.257 e. The van der Waals surface area contributed by atoms with E-state index in [2.05, 4.69) is 40.9 Å². The van der Waals surface area contributed by atoms with Crippen molar-refractivity contribution in [2.45, 2.75) is 13.3 Å². The molecule has 104 valence electrons. The molecule has 0 atom stereocenters. The van der Waals surface area contributed by atoms with Crippen molar-refractivity contribution < 1.29 is 4.79 Å². The molecule has 0 aliphatic carbocycles. The summed E-state index contributed by atoms with van der Waals surface area (Å²) in [6.45, 7) is 2.05. The molecule has 3 N–H and O–H groups in total. The van der Waals surface area contributed by atoms with Gasteiger partial charge in [0.15, 0.2) is 0 Å². The van der Waals surface area contributed by atoms with Gasteiger partial charge in [0.1, 0.15) is 0 Å². The van der Waals surface area contributed by atoms with E-state index in [4.69, 9.17) is 17.3 Å². The van der Waals surface area contributed by atoms with E-state index in [1.54, 1.807) is 18.2 Å². The number of nitrogens with two attached hydrogens (primary N) is 1. The molecule has 0 aromatic heterocycles. The van der Waals surface area contributed by atoms with Crippen molar-refractivity contribution in [3.05, 3.63) is 56.1 Å². The molecule has 2 rings (SSSR count). The summed E-state index contributed by atoms with van der Waals surface area (Å²) in [5, 5.41) is 3.25. The van der Waals surface area contributed by atoms with Crippen LogP contribution < -0.4 is 11.1 Å². The molecular weight excluding hydrogens is 387 g/mol. The normalized spacial score (nSPS) is 10.3. The summed E-state index contributed by atoms with van der Waals surface area (Å²) >= 11 is 8.30. The highest BCUT2D eigenvalue weighted by molar-refractivity contribution is 14.1. The number of hydrogen-bond acceptors (Lipinski definition) is 2. The number of aryl methyl sites for hydroxylation is 1. The van der Waals surface area contributed by atoms with Crippen LogP contribution >= 0.6 is 34.2 Å². The van der Waals surface area contributed by atoms with Crippen LogP contribution in [-0.2, 0) is 6.42 Å². The van der Waals surface area contributed by atoms with E-state index in [0.717, 1.165) is 21.2 Å². The minimum atomic E-state index is -0.231. The van der Waals surface area contributed by atoms with Crippen LogP contribution in [-0.4, -0.2) is 5.91 Å². The number of nitrogens with one attached hydrogen (secondary N) is 1. The van der Waals surface area contributed by atoms with Gasteiger partial charge in [-0.2, -0.15) is 0 Å². The largest absolute Gasteiger partial charge is 0.399 e. The molecule has 0 radical (unpaired) electrons. The van der Waals surface area contributed by atoms with Crippen LogP contribution in [0.1, 0.15) is 22.8 Å². The van der Waals surface area contributed by atoms with E-state index in [0.29, 0.717) is 16.3 Å². The number of carbonyl (C=O) groups excluding carboxylic acids is 1. The van der Waals surface area contributed by atoms with Gasteiger partial charge in [-0.15, -0.1) is 0 Å². The summed E-state index contributed by atoms with van der Waals surface area (Å²) in [7, 11) is 0. The van der Waals surface area contributed by atoms with Crippen LogP contribution in [0.4, 0.5) is 11.4 Å². The molecular formula is C15H14ClIN2O. The highest BCUT2D eigenvalue weighted by atomic mass is 127. The molecule has 0 spiro atoms. The first-order valence-corrected chi connectivity index (χ1v) is 7.61. The molecule has 0 saturated carbocycles. The lowest BCUT2D eigenvalue weighted by Crippen LogP contribution is -2.14. The second-order valence-electron chi connectivity index (χ2n) is 4.35. The summed E-state index contributed by atoms with van der Waals surface area (Å²) in [6.07, 6.45) is 0.849. The van der Waals surface area contributed by atoms with Crippen molar-refractivity contribution >= 4 is 51.5 Å². The lowest BCUT2D eigenvalue weighted by atomic mass is 10.1. The number of halogens is 2. The van der Waals surface area contributed by atoms with Gasteiger partial charge < -0.3 is 11.1 Å². The van der Waals surface area contributed by atoms with Gasteiger partial charge in [0.05, 0.1) is 10.6 Å². The van der Waals surface area contributed by atoms with Crippen molar-refractivity contribution in [2.75, 3.05) is 11.1 Å². The first-order valence-electron chi connectivity index (χ1n) is 6.16. The fourth-order valence-electron chi connectivity index (χ4n) is 1.88. The van der Waals surface area contributed by atoms with E-state index >= 15 is 0 Å². The lowest BCUT2D eigenvalue weighted by molar-refractivity contribution is 0.102. The molecule has 0 aliphatic heterocycles. The van der Waals surface area contributed by atoms with Crippen molar-refractivity contribution in [1.29, 1.82) is 0 Å². The van der Waals surface area contributed by atoms with Gasteiger partial charge >= 0.3 is 0 Å². The lowest BCUT2D eigenvalue weighted by Gasteiger charge is -2.11. The Balaban J connectivity index is 2.28. The van der Waals surface area contributed by atoms with Crippen LogP contribution in [0.2, 0.25) is 5.02 Å². The van der Waals surface area contributed by atoms with E-state index in [9.17, 15) is 4.79 Å². The monoisotopic (exact) mass is 400 g/mol. The molecule has 0 heterocycles. The maximum Gasteiger partial charge on any atom is 0.257 e. The fraction of sp³-hybridized carbons (Fsp3) is 0.133. The predicted octanol–water partition coefficient (Wildman–Crippen LogP) is 4.34. The van der Waals surface area contributed by atoms with Crippen LogP contribution in [0, 0.1) is 3.57 Å². The molecule has 0 unspecified atom stereocenters. The van der Waals surface area contributed by atoms with Gasteiger partial charge in [0.2, 0.25) is 0 Å². The van der Waals surface area contributed by atoms with E-state index < -0.39 is 0 Å². The van der Waals surface area contributed by atoms with E-state index in [1.165, 1.54) is 0 Å². The zero-order valence-corrected chi connectivity index (χ0v) is 13.8. The van der Waals surface area contributed by atoms with E-state index in [-0.39, 0.29) is 5.91 Å². The zero-order valence-electron chi connectivity index (χ0n) is 10.9. The first kappa shape index (κ1) is 15.1. The number of carbonyl (C=O) groups is 1. The number of hydrogen-bond donors (Lipinski definition) is 2. The summed E-state index contributed by atoms with van der Waals surface area (Å²) in [4.78, 5) is 12.3. The Morgan fingerprint density at radius 1 is 1.30 bits per heavy atom. The summed E-state index contributed by atoms with van der Waals surface area (Å²) in [5.74, 6) is -0.231. The average Bonchev–Trinajstić information content (AvgIpc) is 2.40. The zero-order chi connectivity index (χ0) is 14.7. The van der Waals surface area contributed by atoms with Gasteiger partial charge in [-0.05, 0) is 71.0 Å². The molecule has 0 bridgehead atoms. The number of rotatable bonds is 3. The van der Waals surface area contributed by atoms with Crippen molar-refractivity contribution in [3.8, 4) is 0 Å². The molecule has 0 saturated heterocycles. The minimum absolute atomic E-state index is 0.231. The summed E-state index contributed by atoms with van der Waals surface area (Å²) in [5.41, 5.74) is 8.49. The van der Waals surface area contributed by atoms with Gasteiger partial charge in [0.25, 0.3) is 5.91 Å². The average molecular weight is 401 g/mol. The highest BCUT2D eigenvalue weighted by Crippen LogP contribution is 2.23. The van der Waals surface area contributed by atoms with Crippen LogP contribution in [0.3, 0.4) is 0 Å². The maximum atomic E-state index is 12.3. The molecule has 3 nitrogen and oxygen atoms in total. The number of anilines is 2. The van der Waals surface area contributed by atoms with Gasteiger partial charge in [-0.25, -0.2) is 0 Å². The second kappa shape index (κ2) is 6.45. The summed E-state index contributed by atoms with van der Waals surface area (Å²) in [6, 6.07) is 10.8. The Morgan fingerprint density at radius 2 is 2.05 bits per heavy atom. The standard InChI is InChI=1S/C15H14ClIN2O/c1-2-9-7-10(17)3-6-14(9)19-15(20)12-5-4-11(18)8-13(12)16/h3-8H,2,18H2,1H3,(H,19,20). The molecule has 2 aromatic rings. The Morgan fingerprint density at radius 3 is 2.70 bits per heavy atom. The topological polar surface area (TPSA) is 55.1 Å². The Hall–Kier alpha value is -1.27. The van der Waals surface area contributed by atoms with Crippen molar-refractivity contribution in [1.82, 2.24) is 0 Å². The number of benzene rings is 2. The third kappa shape index (κ3) is 3.43. The molecule has 20 heavy (non-hydrogen) atoms. The predicted molar refractivity (Wildman–Crippen MR) is 92.4 cm³/mol. The van der Waals surface area contributed by atoms with Crippen LogP contribution in [0.15, 0.2) is 36.4 Å². The second-order valence-corrected chi connectivity index (χ2v) is 6.00. The molecule has 0 aliphatic rings. The number of amides is 1. The Bertz CT molecular complexity index is 658. The quantitative estimate of drug-likeness (QED) is 0.595. The first-order chi connectivity index (χ1) is 9.51. The van der Waals surface area contributed by atoms with Gasteiger partial charge in [-0.3, -0.25) is 4.79 Å².